The van der Waals surface area contributed by atoms with E-state index >= 15 is 0 Å². The monoisotopic (exact) mass is 419 g/mol. The van der Waals surface area contributed by atoms with Crippen LogP contribution in [0.15, 0.2) is 40.9 Å². The highest BCUT2D eigenvalue weighted by atomic mass is 127. The van der Waals surface area contributed by atoms with E-state index in [9.17, 15) is 4.39 Å². The summed E-state index contributed by atoms with van der Waals surface area (Å²) in [5.74, 6) is -0.206. The first-order chi connectivity index (χ1) is 8.56. The van der Waals surface area contributed by atoms with Gasteiger partial charge < -0.3 is 5.32 Å². The van der Waals surface area contributed by atoms with Gasteiger partial charge in [-0.2, -0.15) is 0 Å². The van der Waals surface area contributed by atoms with E-state index in [2.05, 4.69) is 69.0 Å². The molecule has 18 heavy (non-hydrogen) atoms. The lowest BCUT2D eigenvalue weighted by atomic mass is 10.1. The van der Waals surface area contributed by atoms with Crippen LogP contribution in [0.2, 0.25) is 0 Å². The Hall–Kier alpha value is -0.620. The molecule has 1 N–H and O–H groups in total. The molecule has 0 bridgehead atoms. The smallest absolute Gasteiger partial charge is 0.124 e. The average molecular weight is 420 g/mol. The predicted molar refractivity (Wildman–Crippen MR) is 85.3 cm³/mol. The van der Waals surface area contributed by atoms with Crippen molar-refractivity contribution in [3.05, 3.63) is 61.4 Å². The minimum Gasteiger partial charge on any atom is -0.380 e. The third-order valence-corrected chi connectivity index (χ3v) is 4.40. The van der Waals surface area contributed by atoms with E-state index in [1.807, 2.05) is 0 Å². The molecule has 0 saturated carbocycles. The number of hydrogen-bond donors (Lipinski definition) is 1. The fraction of sp³-hybridized carbons (Fsp3) is 0.143. The zero-order valence-corrected chi connectivity index (χ0v) is 13.5. The van der Waals surface area contributed by atoms with Gasteiger partial charge in [0.2, 0.25) is 0 Å². The Kier molecular flexibility index (Phi) is 4.61. The van der Waals surface area contributed by atoms with E-state index in [0.717, 1.165) is 20.3 Å². The van der Waals surface area contributed by atoms with Crippen molar-refractivity contribution in [3.63, 3.8) is 0 Å². The van der Waals surface area contributed by atoms with E-state index in [1.54, 1.807) is 6.07 Å². The number of aryl methyl sites for hydroxylation is 1. The first-order valence-corrected chi connectivity index (χ1v) is 7.37. The predicted octanol–water partition coefficient (Wildman–Crippen LogP) is 5.11. The maximum atomic E-state index is 13.0. The van der Waals surface area contributed by atoms with Gasteiger partial charge in [0.05, 0.1) is 0 Å². The van der Waals surface area contributed by atoms with Crippen molar-refractivity contribution >= 4 is 44.2 Å². The molecule has 0 unspecified atom stereocenters. The van der Waals surface area contributed by atoms with Crippen LogP contribution < -0.4 is 5.32 Å². The standard InChI is InChI=1S/C14H12BrFIN/c1-9-2-3-10(6-12(9)15)8-18-14-5-4-11(16)7-13(14)17/h2-7,18H,8H2,1H3. The number of hydrogen-bond acceptors (Lipinski definition) is 1. The Morgan fingerprint density at radius 1 is 1.22 bits per heavy atom. The molecule has 0 amide bonds. The van der Waals surface area contributed by atoms with Gasteiger partial charge in [0.1, 0.15) is 5.82 Å². The highest BCUT2D eigenvalue weighted by Crippen LogP contribution is 2.21. The first-order valence-electron chi connectivity index (χ1n) is 5.50. The minimum absolute atomic E-state index is 0.206. The average Bonchev–Trinajstić information content (AvgIpc) is 2.32. The van der Waals surface area contributed by atoms with Crippen molar-refractivity contribution < 1.29 is 4.39 Å². The van der Waals surface area contributed by atoms with Gasteiger partial charge in [-0.25, -0.2) is 4.39 Å². The van der Waals surface area contributed by atoms with Gasteiger partial charge in [-0.3, -0.25) is 0 Å². The van der Waals surface area contributed by atoms with E-state index in [-0.39, 0.29) is 5.82 Å². The van der Waals surface area contributed by atoms with E-state index in [0.29, 0.717) is 0 Å². The fourth-order valence-electron chi connectivity index (χ4n) is 1.58. The summed E-state index contributed by atoms with van der Waals surface area (Å²) < 4.78 is 15.0. The molecule has 0 saturated heterocycles. The molecule has 94 valence electrons. The van der Waals surface area contributed by atoms with Gasteiger partial charge in [0.25, 0.3) is 0 Å². The molecule has 0 aliphatic carbocycles. The minimum atomic E-state index is -0.206. The van der Waals surface area contributed by atoms with Gasteiger partial charge in [-0.05, 0) is 64.9 Å². The second-order valence-electron chi connectivity index (χ2n) is 4.06. The molecular formula is C14H12BrFIN. The molecule has 0 heterocycles. The number of nitrogens with one attached hydrogen (secondary N) is 1. The van der Waals surface area contributed by atoms with Crippen LogP contribution in [-0.4, -0.2) is 0 Å². The summed E-state index contributed by atoms with van der Waals surface area (Å²) in [6.45, 7) is 2.78. The second kappa shape index (κ2) is 6.02. The molecule has 0 aliphatic heterocycles. The van der Waals surface area contributed by atoms with Crippen LogP contribution >= 0.6 is 38.5 Å². The lowest BCUT2D eigenvalue weighted by Crippen LogP contribution is -2.01. The quantitative estimate of drug-likeness (QED) is 0.681. The lowest BCUT2D eigenvalue weighted by Gasteiger charge is -2.09. The summed E-state index contributed by atoms with van der Waals surface area (Å²) in [6.07, 6.45) is 0. The largest absolute Gasteiger partial charge is 0.380 e. The third-order valence-electron chi connectivity index (χ3n) is 2.65. The van der Waals surface area contributed by atoms with E-state index in [1.165, 1.54) is 23.3 Å². The van der Waals surface area contributed by atoms with Crippen molar-refractivity contribution in [2.24, 2.45) is 0 Å². The Balaban J connectivity index is 2.09. The fourth-order valence-corrected chi connectivity index (χ4v) is 2.67. The van der Waals surface area contributed by atoms with Gasteiger partial charge >= 0.3 is 0 Å². The van der Waals surface area contributed by atoms with Crippen LogP contribution in [0.3, 0.4) is 0 Å². The summed E-state index contributed by atoms with van der Waals surface area (Å²) in [7, 11) is 0. The van der Waals surface area contributed by atoms with Crippen molar-refractivity contribution in [1.29, 1.82) is 0 Å². The summed E-state index contributed by atoms with van der Waals surface area (Å²) in [5, 5.41) is 3.31. The van der Waals surface area contributed by atoms with Gasteiger partial charge in [0.15, 0.2) is 0 Å². The number of benzene rings is 2. The van der Waals surface area contributed by atoms with Gasteiger partial charge in [-0.1, -0.05) is 28.1 Å². The molecule has 2 aromatic carbocycles. The summed E-state index contributed by atoms with van der Waals surface area (Å²) in [6, 6.07) is 11.0. The number of rotatable bonds is 3. The van der Waals surface area contributed by atoms with Crippen LogP contribution in [0, 0.1) is 16.3 Å². The molecule has 0 radical (unpaired) electrons. The molecule has 0 aliphatic rings. The van der Waals surface area contributed by atoms with Gasteiger partial charge in [-0.15, -0.1) is 0 Å². The molecule has 0 aromatic heterocycles. The highest BCUT2D eigenvalue weighted by Gasteiger charge is 2.02. The Bertz CT molecular complexity index is 572. The SMILES string of the molecule is Cc1ccc(CNc2ccc(F)cc2I)cc1Br. The zero-order valence-electron chi connectivity index (χ0n) is 9.81. The Morgan fingerprint density at radius 2 is 2.00 bits per heavy atom. The third kappa shape index (κ3) is 3.45. The van der Waals surface area contributed by atoms with Crippen LogP contribution in [0.25, 0.3) is 0 Å². The van der Waals surface area contributed by atoms with E-state index in [4.69, 9.17) is 0 Å². The van der Waals surface area contributed by atoms with Crippen molar-refractivity contribution in [2.45, 2.75) is 13.5 Å². The number of anilines is 1. The van der Waals surface area contributed by atoms with Crippen molar-refractivity contribution in [2.75, 3.05) is 5.32 Å². The second-order valence-corrected chi connectivity index (χ2v) is 6.08. The van der Waals surface area contributed by atoms with E-state index < -0.39 is 0 Å². The zero-order chi connectivity index (χ0) is 13.1. The molecule has 0 atom stereocenters. The topological polar surface area (TPSA) is 12.0 Å². The van der Waals surface area contributed by atoms with Crippen LogP contribution in [-0.2, 0) is 6.54 Å². The van der Waals surface area contributed by atoms with Crippen molar-refractivity contribution in [1.82, 2.24) is 0 Å². The molecule has 2 aromatic rings. The summed E-state index contributed by atoms with van der Waals surface area (Å²) in [5.41, 5.74) is 3.36. The normalized spacial score (nSPS) is 10.4. The first kappa shape index (κ1) is 13.8. The van der Waals surface area contributed by atoms with Gasteiger partial charge in [0, 0.05) is 20.3 Å². The molecule has 2 rings (SSSR count). The molecule has 0 spiro atoms. The Morgan fingerprint density at radius 3 is 2.67 bits per heavy atom. The molecular weight excluding hydrogens is 408 g/mol. The molecule has 0 fully saturated rings. The lowest BCUT2D eigenvalue weighted by molar-refractivity contribution is 0.627. The van der Waals surface area contributed by atoms with Crippen molar-refractivity contribution in [3.8, 4) is 0 Å². The van der Waals surface area contributed by atoms with Crippen LogP contribution in [0.4, 0.5) is 10.1 Å². The van der Waals surface area contributed by atoms with Crippen LogP contribution in [0.1, 0.15) is 11.1 Å². The number of halogens is 3. The Labute approximate surface area is 128 Å². The maximum absolute atomic E-state index is 13.0. The summed E-state index contributed by atoms with van der Waals surface area (Å²) in [4.78, 5) is 0. The van der Waals surface area contributed by atoms with Crippen LogP contribution in [0.5, 0.6) is 0 Å². The summed E-state index contributed by atoms with van der Waals surface area (Å²) >= 11 is 5.65. The molecule has 4 heteroatoms. The molecule has 1 nitrogen and oxygen atoms in total. The maximum Gasteiger partial charge on any atom is 0.124 e. The highest BCUT2D eigenvalue weighted by molar-refractivity contribution is 14.1.